The number of guanidine groups is 1. The summed E-state index contributed by atoms with van der Waals surface area (Å²) < 4.78 is 31.3. The summed E-state index contributed by atoms with van der Waals surface area (Å²) in [6, 6.07) is 5.17. The second-order valence-corrected chi connectivity index (χ2v) is 8.79. The van der Waals surface area contributed by atoms with Crippen LogP contribution >= 0.6 is 23.2 Å². The maximum Gasteiger partial charge on any atom is 0.215 e. The maximum absolute atomic E-state index is 12.3. The number of ether oxygens (including phenoxy) is 1. The van der Waals surface area contributed by atoms with Crippen molar-refractivity contribution in [3.8, 4) is 0 Å². The molecule has 10 heteroatoms. The van der Waals surface area contributed by atoms with Crippen molar-refractivity contribution in [2.75, 3.05) is 45.6 Å². The van der Waals surface area contributed by atoms with Gasteiger partial charge in [-0.15, -0.1) is 0 Å². The molecule has 1 heterocycles. The lowest BCUT2D eigenvalue weighted by atomic mass is 10.1. The highest BCUT2D eigenvalue weighted by Crippen LogP contribution is 2.25. The molecule has 2 N–H and O–H groups in total. The standard InChI is InChI=1S/C16H24Cl2N4O3S/c1-12(14-4-3-13(17)11-15(14)18)21-16(19-2)20-5-10-26(23,24)22-6-8-25-9-7-22/h3-4,11-12H,5-10H2,1-2H3,(H2,19,20,21). The molecule has 1 aliphatic heterocycles. The van der Waals surface area contributed by atoms with Crippen molar-refractivity contribution in [1.82, 2.24) is 14.9 Å². The largest absolute Gasteiger partial charge is 0.379 e. The number of hydrogen-bond donors (Lipinski definition) is 2. The van der Waals surface area contributed by atoms with Crippen LogP contribution in [-0.2, 0) is 14.8 Å². The second kappa shape index (κ2) is 9.75. The molecule has 0 aliphatic carbocycles. The number of rotatable bonds is 6. The zero-order chi connectivity index (χ0) is 19.2. The van der Waals surface area contributed by atoms with Gasteiger partial charge in [-0.1, -0.05) is 29.3 Å². The number of sulfonamides is 1. The van der Waals surface area contributed by atoms with E-state index in [1.165, 1.54) is 4.31 Å². The van der Waals surface area contributed by atoms with Crippen molar-refractivity contribution < 1.29 is 13.2 Å². The van der Waals surface area contributed by atoms with Gasteiger partial charge < -0.3 is 15.4 Å². The second-order valence-electron chi connectivity index (χ2n) is 5.86. The minimum absolute atomic E-state index is 0.0101. The molecule has 1 aromatic carbocycles. The van der Waals surface area contributed by atoms with Gasteiger partial charge in [-0.2, -0.15) is 4.31 Å². The van der Waals surface area contributed by atoms with Crippen LogP contribution in [0.1, 0.15) is 18.5 Å². The molecule has 1 aromatic rings. The van der Waals surface area contributed by atoms with E-state index in [4.69, 9.17) is 27.9 Å². The highest BCUT2D eigenvalue weighted by Gasteiger charge is 2.24. The summed E-state index contributed by atoms with van der Waals surface area (Å²) in [5, 5.41) is 7.35. The predicted octanol–water partition coefficient (Wildman–Crippen LogP) is 1.88. The van der Waals surface area contributed by atoms with Crippen LogP contribution in [-0.4, -0.2) is 64.3 Å². The van der Waals surface area contributed by atoms with Crippen LogP contribution in [0.15, 0.2) is 23.2 Å². The van der Waals surface area contributed by atoms with Crippen molar-refractivity contribution in [3.63, 3.8) is 0 Å². The number of nitrogens with zero attached hydrogens (tertiary/aromatic N) is 2. The van der Waals surface area contributed by atoms with E-state index in [0.717, 1.165) is 5.56 Å². The number of aliphatic imine (C=N–C) groups is 1. The lowest BCUT2D eigenvalue weighted by molar-refractivity contribution is 0.0730. The van der Waals surface area contributed by atoms with Crippen LogP contribution < -0.4 is 10.6 Å². The molecule has 0 aromatic heterocycles. The van der Waals surface area contributed by atoms with E-state index in [0.29, 0.717) is 42.3 Å². The highest BCUT2D eigenvalue weighted by molar-refractivity contribution is 7.89. The summed E-state index contributed by atoms with van der Waals surface area (Å²) in [7, 11) is -1.68. The highest BCUT2D eigenvalue weighted by atomic mass is 35.5. The first-order chi connectivity index (χ1) is 12.3. The molecule has 26 heavy (non-hydrogen) atoms. The first-order valence-corrected chi connectivity index (χ1v) is 10.7. The van der Waals surface area contributed by atoms with E-state index < -0.39 is 10.0 Å². The number of halogens is 2. The normalized spacial score (nSPS) is 17.8. The maximum atomic E-state index is 12.3. The molecule has 0 amide bonds. The van der Waals surface area contributed by atoms with E-state index in [2.05, 4.69) is 15.6 Å². The Bertz CT molecular complexity index is 737. The summed E-state index contributed by atoms with van der Waals surface area (Å²) in [4.78, 5) is 4.13. The van der Waals surface area contributed by atoms with Crippen LogP contribution in [0, 0.1) is 0 Å². The van der Waals surface area contributed by atoms with E-state index in [1.54, 1.807) is 19.2 Å². The number of nitrogens with one attached hydrogen (secondary N) is 2. The number of hydrogen-bond acceptors (Lipinski definition) is 4. The van der Waals surface area contributed by atoms with Gasteiger partial charge in [0.05, 0.1) is 25.0 Å². The molecule has 1 saturated heterocycles. The quantitative estimate of drug-likeness (QED) is 0.540. The van der Waals surface area contributed by atoms with Gasteiger partial charge in [-0.05, 0) is 24.6 Å². The topological polar surface area (TPSA) is 83.0 Å². The van der Waals surface area contributed by atoms with Gasteiger partial charge in [0.25, 0.3) is 0 Å². The molecule has 0 spiro atoms. The molecular weight excluding hydrogens is 399 g/mol. The summed E-state index contributed by atoms with van der Waals surface area (Å²) in [5.74, 6) is 0.491. The van der Waals surface area contributed by atoms with E-state index in [9.17, 15) is 8.42 Å². The molecule has 2 rings (SSSR count). The molecule has 146 valence electrons. The SMILES string of the molecule is CN=C(NCCS(=O)(=O)N1CCOCC1)NC(C)c1ccc(Cl)cc1Cl. The van der Waals surface area contributed by atoms with Crippen LogP contribution in [0.4, 0.5) is 0 Å². The fraction of sp³-hybridized carbons (Fsp3) is 0.562. The Labute approximate surface area is 164 Å². The van der Waals surface area contributed by atoms with Gasteiger partial charge in [-0.25, -0.2) is 8.42 Å². The summed E-state index contributed by atoms with van der Waals surface area (Å²) in [6.45, 7) is 3.88. The van der Waals surface area contributed by atoms with Crippen molar-refractivity contribution >= 4 is 39.2 Å². The zero-order valence-corrected chi connectivity index (χ0v) is 17.2. The Balaban J connectivity index is 1.87. The lowest BCUT2D eigenvalue weighted by Gasteiger charge is -2.26. The molecular formula is C16H24Cl2N4O3S. The van der Waals surface area contributed by atoms with Crippen LogP contribution in [0.5, 0.6) is 0 Å². The Morgan fingerprint density at radius 2 is 2.04 bits per heavy atom. The number of benzene rings is 1. The molecule has 0 bridgehead atoms. The third-order valence-electron chi connectivity index (χ3n) is 4.02. The van der Waals surface area contributed by atoms with Gasteiger partial charge in [0.2, 0.25) is 10.0 Å². The lowest BCUT2D eigenvalue weighted by Crippen LogP contribution is -2.45. The van der Waals surface area contributed by atoms with E-state index >= 15 is 0 Å². The first kappa shape index (κ1) is 21.2. The summed E-state index contributed by atoms with van der Waals surface area (Å²) in [5.41, 5.74) is 0.875. The molecule has 1 fully saturated rings. The fourth-order valence-electron chi connectivity index (χ4n) is 2.58. The van der Waals surface area contributed by atoms with Crippen LogP contribution in [0.25, 0.3) is 0 Å². The van der Waals surface area contributed by atoms with Crippen molar-refractivity contribution in [1.29, 1.82) is 0 Å². The summed E-state index contributed by atoms with van der Waals surface area (Å²) >= 11 is 12.1. The van der Waals surface area contributed by atoms with Gasteiger partial charge >= 0.3 is 0 Å². The first-order valence-electron chi connectivity index (χ1n) is 8.31. The van der Waals surface area contributed by atoms with Crippen molar-refractivity contribution in [2.24, 2.45) is 4.99 Å². The molecule has 1 aliphatic rings. The van der Waals surface area contributed by atoms with Crippen LogP contribution in [0.2, 0.25) is 10.0 Å². The Morgan fingerprint density at radius 1 is 1.35 bits per heavy atom. The number of morpholine rings is 1. The Hall–Kier alpha value is -1.06. The molecule has 7 nitrogen and oxygen atoms in total. The Morgan fingerprint density at radius 3 is 2.65 bits per heavy atom. The van der Waals surface area contributed by atoms with Gasteiger partial charge in [-0.3, -0.25) is 4.99 Å². The summed E-state index contributed by atoms with van der Waals surface area (Å²) in [6.07, 6.45) is 0. The average Bonchev–Trinajstić information content (AvgIpc) is 2.61. The fourth-order valence-corrected chi connectivity index (χ4v) is 4.48. The third kappa shape index (κ3) is 5.99. The smallest absolute Gasteiger partial charge is 0.215 e. The monoisotopic (exact) mass is 422 g/mol. The minimum atomic E-state index is -3.31. The zero-order valence-electron chi connectivity index (χ0n) is 14.8. The van der Waals surface area contributed by atoms with Crippen LogP contribution in [0.3, 0.4) is 0 Å². The molecule has 1 unspecified atom stereocenters. The molecule has 1 atom stereocenters. The van der Waals surface area contributed by atoms with Crippen molar-refractivity contribution in [2.45, 2.75) is 13.0 Å². The third-order valence-corrected chi connectivity index (χ3v) is 6.46. The Kier molecular flexibility index (Phi) is 7.97. The average molecular weight is 423 g/mol. The van der Waals surface area contributed by atoms with Crippen molar-refractivity contribution in [3.05, 3.63) is 33.8 Å². The minimum Gasteiger partial charge on any atom is -0.379 e. The van der Waals surface area contributed by atoms with Gasteiger partial charge in [0.1, 0.15) is 0 Å². The van der Waals surface area contributed by atoms with E-state index in [-0.39, 0.29) is 18.3 Å². The predicted molar refractivity (Wildman–Crippen MR) is 106 cm³/mol. The van der Waals surface area contributed by atoms with E-state index in [1.807, 2.05) is 13.0 Å². The molecule has 0 radical (unpaired) electrons. The van der Waals surface area contributed by atoms with Gasteiger partial charge in [0, 0.05) is 36.7 Å². The molecule has 0 saturated carbocycles. The van der Waals surface area contributed by atoms with Gasteiger partial charge in [0.15, 0.2) is 5.96 Å².